The summed E-state index contributed by atoms with van der Waals surface area (Å²) in [5, 5.41) is 34.2. The van der Waals surface area contributed by atoms with E-state index in [9.17, 15) is 37.1 Å². The van der Waals surface area contributed by atoms with E-state index in [0.29, 0.717) is 43.1 Å². The fourth-order valence-corrected chi connectivity index (χ4v) is 9.94. The Balaban J connectivity index is 0.000000170. The van der Waals surface area contributed by atoms with E-state index in [-0.39, 0.29) is 83.0 Å². The number of carbonyl (C=O) groups excluding carboxylic acids is 2. The van der Waals surface area contributed by atoms with Gasteiger partial charge in [-0.15, -0.1) is 0 Å². The molecule has 0 bridgehead atoms. The Kier molecular flexibility index (Phi) is 15.8. The molecule has 3 heterocycles. The van der Waals surface area contributed by atoms with Crippen molar-refractivity contribution in [3.8, 4) is 34.3 Å². The van der Waals surface area contributed by atoms with Crippen molar-refractivity contribution in [3.05, 3.63) is 117 Å². The number of fused-ring (bicyclic) bond motifs is 6. The summed E-state index contributed by atoms with van der Waals surface area (Å²) in [6.45, 7) is 10.1. The molecule has 70 heavy (non-hydrogen) atoms. The minimum atomic E-state index is -2.76. The number of aliphatic hydroxyl groups is 1. The maximum Gasteiger partial charge on any atom is 0.335 e. The van der Waals surface area contributed by atoms with Gasteiger partial charge in [0.1, 0.15) is 11.5 Å². The zero-order valence-electron chi connectivity index (χ0n) is 39.3. The number of oxime groups is 1. The summed E-state index contributed by atoms with van der Waals surface area (Å²) in [4.78, 5) is 43.3. The minimum absolute atomic E-state index is 0.0231. The lowest BCUT2D eigenvalue weighted by Gasteiger charge is -2.24. The lowest BCUT2D eigenvalue weighted by atomic mass is 10.0. The molecule has 4 unspecified atom stereocenters. The zero-order valence-corrected chi connectivity index (χ0v) is 39.3. The molecule has 9 rings (SSSR count). The van der Waals surface area contributed by atoms with Crippen LogP contribution in [0, 0.1) is 11.8 Å². The fraction of sp³-hybridized carbons (Fsp3) is 0.412. The van der Waals surface area contributed by atoms with Crippen molar-refractivity contribution < 1.29 is 61.4 Å². The number of alkyl halides is 4. The largest absolute Gasteiger partial charge is 0.491 e. The first-order chi connectivity index (χ1) is 33.4. The number of amides is 2. The number of hydrogen-bond acceptors (Lipinski definition) is 11. The Morgan fingerprint density at radius 2 is 1.36 bits per heavy atom. The number of aliphatic hydroxyl groups excluding tert-OH is 1. The second kappa shape index (κ2) is 21.7. The maximum atomic E-state index is 13.6. The molecule has 0 radical (unpaired) electrons. The van der Waals surface area contributed by atoms with E-state index in [0.717, 1.165) is 53.3 Å². The molecule has 2 aliphatic carbocycles. The number of halogens is 4. The number of ether oxygens (including phenoxy) is 2. The number of β-amino-alcohol motifs (C(OH)–C–C–N with tert-alkyl or cyclic N) is 1. The topological polar surface area (TPSA) is 214 Å². The molecule has 0 spiro atoms. The predicted molar refractivity (Wildman–Crippen MR) is 249 cm³/mol. The summed E-state index contributed by atoms with van der Waals surface area (Å²) >= 11 is 0. The number of benzene rings is 4. The van der Waals surface area contributed by atoms with Crippen molar-refractivity contribution in [2.45, 2.75) is 104 Å². The lowest BCUT2D eigenvalue weighted by molar-refractivity contribution is -0.130. The standard InChI is InChI=1S/C25H25F2N3O4.C15H19N3O2.C11H12F2O3/c1-13(2)33-20-7-6-14(10-19(20)23(26)27)25-28-24(29-34-25)17-5-3-4-16-18(17)11-15-12-21(32)30(8-9-31)22(15)16;1-2-6-18-13(19)8-9-7-12-10(14(9)18)4-3-5-11(12)15(16)17-20;1-6(2)16-9-4-3-7(11(14)15)5-8(9)10(12)13/h3-7,10,13,15,22-23,31H,8-9,11-12H2,1-2H3;3-5,9,14,20H,2,6-8H2,1H3,(H2,16,17);3-6,10H,1-2H3,(H,14,15). The zero-order chi connectivity index (χ0) is 50.6. The molecule has 0 saturated carbocycles. The van der Waals surface area contributed by atoms with Gasteiger partial charge < -0.3 is 45.0 Å². The van der Waals surface area contributed by atoms with Crippen LogP contribution in [0.4, 0.5) is 17.6 Å². The number of aromatic carboxylic acids is 1. The number of rotatable bonds is 14. The Bertz CT molecular complexity index is 2750. The van der Waals surface area contributed by atoms with Gasteiger partial charge in [0, 0.05) is 42.6 Å². The van der Waals surface area contributed by atoms with E-state index >= 15 is 0 Å². The number of nitrogens with zero attached hydrogens (tertiary/aromatic N) is 5. The molecular weight excluding hydrogens is 917 g/mol. The number of carboxylic acid groups (broad SMARTS) is 1. The predicted octanol–water partition coefficient (Wildman–Crippen LogP) is 9.31. The monoisotopic (exact) mass is 972 g/mol. The van der Waals surface area contributed by atoms with Gasteiger partial charge in [0.15, 0.2) is 5.84 Å². The summed E-state index contributed by atoms with van der Waals surface area (Å²) < 4.78 is 68.7. The highest BCUT2D eigenvalue weighted by Crippen LogP contribution is 2.50. The molecule has 372 valence electrons. The van der Waals surface area contributed by atoms with Crippen LogP contribution in [-0.2, 0) is 22.4 Å². The molecular formula is C51H56F4N6O9. The van der Waals surface area contributed by atoms with Gasteiger partial charge in [-0.25, -0.2) is 22.4 Å². The molecule has 19 heteroatoms. The van der Waals surface area contributed by atoms with Gasteiger partial charge >= 0.3 is 5.97 Å². The summed E-state index contributed by atoms with van der Waals surface area (Å²) in [6, 6.07) is 19.6. The SMILES string of the molecule is CC(C)Oc1ccc(-c2nc(-c3cccc4c3CC3CC(=O)N(CCO)C43)no2)cc1C(F)F.CC(C)Oc1ccc(C(=O)O)cc1C(F)F.CCCN1C(=O)CC2Cc3c(/C(N)=N/O)cccc3C21. The van der Waals surface area contributed by atoms with Crippen LogP contribution in [0.2, 0.25) is 0 Å². The minimum Gasteiger partial charge on any atom is -0.491 e. The molecule has 5 N–H and O–H groups in total. The van der Waals surface area contributed by atoms with Crippen molar-refractivity contribution in [3.63, 3.8) is 0 Å². The Hall–Kier alpha value is -7.02. The van der Waals surface area contributed by atoms with Crippen LogP contribution < -0.4 is 15.2 Å². The molecule has 1 aromatic heterocycles. The van der Waals surface area contributed by atoms with Crippen LogP contribution in [0.5, 0.6) is 11.5 Å². The molecule has 4 aromatic carbocycles. The average Bonchev–Trinajstić information content (AvgIpc) is 4.15. The van der Waals surface area contributed by atoms with Crippen molar-refractivity contribution in [1.82, 2.24) is 19.9 Å². The molecule has 2 saturated heterocycles. The molecule has 2 aliphatic heterocycles. The van der Waals surface area contributed by atoms with E-state index in [1.807, 2.05) is 35.2 Å². The molecule has 4 aliphatic rings. The molecule has 4 atom stereocenters. The normalized spacial score (nSPS) is 19.0. The molecule has 5 aromatic rings. The highest BCUT2D eigenvalue weighted by Gasteiger charge is 2.47. The Morgan fingerprint density at radius 1 is 0.800 bits per heavy atom. The number of nitrogens with two attached hydrogens (primary N) is 1. The number of amidine groups is 1. The van der Waals surface area contributed by atoms with Gasteiger partial charge in [-0.2, -0.15) is 4.98 Å². The van der Waals surface area contributed by atoms with Crippen LogP contribution in [0.3, 0.4) is 0 Å². The number of likely N-dealkylation sites (tertiary alicyclic amines) is 2. The Morgan fingerprint density at radius 3 is 1.91 bits per heavy atom. The van der Waals surface area contributed by atoms with Gasteiger partial charge in [0.2, 0.25) is 17.6 Å². The van der Waals surface area contributed by atoms with E-state index in [1.165, 1.54) is 29.8 Å². The van der Waals surface area contributed by atoms with Crippen LogP contribution in [0.25, 0.3) is 22.8 Å². The summed E-state index contributed by atoms with van der Waals surface area (Å²) in [6.07, 6.45) is -2.40. The first-order valence-corrected chi connectivity index (χ1v) is 23.1. The van der Waals surface area contributed by atoms with Crippen LogP contribution in [0.15, 0.2) is 82.5 Å². The van der Waals surface area contributed by atoms with Crippen LogP contribution in [0.1, 0.15) is 128 Å². The van der Waals surface area contributed by atoms with Gasteiger partial charge in [0.05, 0.1) is 47.6 Å². The third kappa shape index (κ3) is 10.6. The molecule has 2 fully saturated rings. The summed E-state index contributed by atoms with van der Waals surface area (Å²) in [5.74, 6) is 0.351. The second-order valence-electron chi connectivity index (χ2n) is 18.0. The van der Waals surface area contributed by atoms with E-state index in [1.54, 1.807) is 38.7 Å². The van der Waals surface area contributed by atoms with E-state index in [4.69, 9.17) is 30.0 Å². The summed E-state index contributed by atoms with van der Waals surface area (Å²) in [5.41, 5.74) is 11.3. The van der Waals surface area contributed by atoms with Gasteiger partial charge in [-0.3, -0.25) is 9.59 Å². The third-order valence-corrected chi connectivity index (χ3v) is 12.6. The van der Waals surface area contributed by atoms with Crippen molar-refractivity contribution in [2.75, 3.05) is 19.7 Å². The van der Waals surface area contributed by atoms with Crippen molar-refractivity contribution in [2.24, 2.45) is 22.7 Å². The van der Waals surface area contributed by atoms with Gasteiger partial charge in [-0.05, 0) is 117 Å². The first-order valence-electron chi connectivity index (χ1n) is 23.1. The highest BCUT2D eigenvalue weighted by atomic mass is 19.3. The molecule has 15 nitrogen and oxygen atoms in total. The lowest BCUT2D eigenvalue weighted by Crippen LogP contribution is -2.30. The van der Waals surface area contributed by atoms with Crippen LogP contribution >= 0.6 is 0 Å². The third-order valence-electron chi connectivity index (χ3n) is 12.6. The van der Waals surface area contributed by atoms with E-state index < -0.39 is 24.4 Å². The molecule has 2 amide bonds. The maximum absolute atomic E-state index is 13.6. The van der Waals surface area contributed by atoms with Gasteiger partial charge in [-0.1, -0.05) is 53.6 Å². The van der Waals surface area contributed by atoms with Gasteiger partial charge in [0.25, 0.3) is 18.7 Å². The number of aromatic nitrogens is 2. The second-order valence-corrected chi connectivity index (χ2v) is 18.0. The fourth-order valence-electron chi connectivity index (χ4n) is 9.94. The van der Waals surface area contributed by atoms with Crippen molar-refractivity contribution in [1.29, 1.82) is 0 Å². The average molecular weight is 973 g/mol. The first kappa shape index (κ1) is 50.8. The Labute approximate surface area is 401 Å². The van der Waals surface area contributed by atoms with Crippen LogP contribution in [-0.4, -0.2) is 90.9 Å². The number of carbonyl (C=O) groups is 3. The number of carboxylic acids is 1. The van der Waals surface area contributed by atoms with Crippen molar-refractivity contribution >= 4 is 23.6 Å². The quantitative estimate of drug-likeness (QED) is 0.0269. The summed E-state index contributed by atoms with van der Waals surface area (Å²) in [7, 11) is 0. The smallest absolute Gasteiger partial charge is 0.335 e. The number of hydrogen-bond donors (Lipinski definition) is 4. The van der Waals surface area contributed by atoms with E-state index in [2.05, 4.69) is 28.3 Å². The highest BCUT2D eigenvalue weighted by molar-refractivity contribution is 5.99.